The van der Waals surface area contributed by atoms with E-state index in [4.69, 9.17) is 4.74 Å². The van der Waals surface area contributed by atoms with Crippen LogP contribution in [0.3, 0.4) is 0 Å². The molecule has 0 amide bonds. The van der Waals surface area contributed by atoms with Gasteiger partial charge in [0.2, 0.25) is 0 Å². The summed E-state index contributed by atoms with van der Waals surface area (Å²) in [6.07, 6.45) is 7.34. The van der Waals surface area contributed by atoms with Gasteiger partial charge in [0.15, 0.2) is 9.84 Å². The van der Waals surface area contributed by atoms with Crippen molar-refractivity contribution < 1.29 is 13.2 Å². The maximum Gasteiger partial charge on any atom is 0.150 e. The molecule has 0 radical (unpaired) electrons. The van der Waals surface area contributed by atoms with Crippen LogP contribution in [0.5, 0.6) is 0 Å². The average molecular weight is 232 g/mol. The van der Waals surface area contributed by atoms with Crippen LogP contribution in [0.25, 0.3) is 0 Å². The zero-order valence-electron chi connectivity index (χ0n) is 9.31. The minimum absolute atomic E-state index is 0.359. The lowest BCUT2D eigenvalue weighted by molar-refractivity contribution is 0.232. The van der Waals surface area contributed by atoms with E-state index >= 15 is 0 Å². The Hall–Kier alpha value is -0.510. The predicted molar refractivity (Wildman–Crippen MR) is 61.4 cm³/mol. The summed E-state index contributed by atoms with van der Waals surface area (Å²) in [7, 11) is -2.73. The zero-order valence-corrected chi connectivity index (χ0v) is 10.1. The van der Waals surface area contributed by atoms with Gasteiger partial charge in [-0.3, -0.25) is 0 Å². The molecule has 0 aromatic carbocycles. The second-order valence-electron chi connectivity index (χ2n) is 4.11. The van der Waals surface area contributed by atoms with Gasteiger partial charge in [-0.15, -0.1) is 0 Å². The molecule has 1 rings (SSSR count). The van der Waals surface area contributed by atoms with Crippen LogP contribution < -0.4 is 0 Å². The van der Waals surface area contributed by atoms with Crippen LogP contribution in [0.15, 0.2) is 12.3 Å². The van der Waals surface area contributed by atoms with E-state index in [1.807, 2.05) is 13.0 Å². The zero-order chi connectivity index (χ0) is 11.1. The number of hydrogen-bond acceptors (Lipinski definition) is 3. The molecule has 4 heteroatoms. The van der Waals surface area contributed by atoms with E-state index in [-0.39, 0.29) is 0 Å². The highest BCUT2D eigenvalue weighted by molar-refractivity contribution is 7.91. The second kappa shape index (κ2) is 6.16. The molecule has 0 saturated carbocycles. The molecule has 1 fully saturated rings. The molecule has 15 heavy (non-hydrogen) atoms. The van der Waals surface area contributed by atoms with Gasteiger partial charge in [0, 0.05) is 0 Å². The standard InChI is InChI=1S/C11H20O3S/c1-2-7-14-8-3-5-11-6-4-9-15(12,13)10-11/h2,7,11H,3-6,8-10H2,1H3/b7-2+. The number of sulfone groups is 1. The maximum atomic E-state index is 11.4. The molecule has 0 aromatic heterocycles. The average Bonchev–Trinajstić information content (AvgIpc) is 2.16. The predicted octanol–water partition coefficient (Wildman–Crippen LogP) is 2.14. The van der Waals surface area contributed by atoms with Crippen molar-refractivity contribution in [3.05, 3.63) is 12.3 Å². The first kappa shape index (κ1) is 12.6. The van der Waals surface area contributed by atoms with Crippen LogP contribution in [-0.4, -0.2) is 26.5 Å². The Balaban J connectivity index is 2.16. The van der Waals surface area contributed by atoms with E-state index < -0.39 is 9.84 Å². The third-order valence-electron chi connectivity index (χ3n) is 2.66. The molecule has 1 saturated heterocycles. The Kier molecular flexibility index (Phi) is 5.15. The Morgan fingerprint density at radius 2 is 2.27 bits per heavy atom. The minimum atomic E-state index is -2.73. The Bertz CT molecular complexity index is 293. The number of hydrogen-bond donors (Lipinski definition) is 0. The Morgan fingerprint density at radius 3 is 2.93 bits per heavy atom. The third kappa shape index (κ3) is 5.21. The van der Waals surface area contributed by atoms with Crippen LogP contribution >= 0.6 is 0 Å². The van der Waals surface area contributed by atoms with Gasteiger partial charge in [-0.05, 0) is 38.5 Å². The summed E-state index contributed by atoms with van der Waals surface area (Å²) in [6, 6.07) is 0. The van der Waals surface area contributed by atoms with Gasteiger partial charge < -0.3 is 4.74 Å². The van der Waals surface area contributed by atoms with Crippen molar-refractivity contribution in [2.75, 3.05) is 18.1 Å². The fourth-order valence-corrected chi connectivity index (χ4v) is 3.79. The Labute approximate surface area is 92.4 Å². The number of ether oxygens (including phenoxy) is 1. The SMILES string of the molecule is C/C=C/OCCCC1CCCS(=O)(=O)C1. The molecule has 0 N–H and O–H groups in total. The molecule has 0 aromatic rings. The van der Waals surface area contributed by atoms with Crippen molar-refractivity contribution in [3.63, 3.8) is 0 Å². The Morgan fingerprint density at radius 1 is 1.47 bits per heavy atom. The van der Waals surface area contributed by atoms with Gasteiger partial charge in [-0.1, -0.05) is 6.08 Å². The van der Waals surface area contributed by atoms with Crippen molar-refractivity contribution in [3.8, 4) is 0 Å². The van der Waals surface area contributed by atoms with Gasteiger partial charge in [0.05, 0.1) is 24.4 Å². The van der Waals surface area contributed by atoms with Crippen molar-refractivity contribution in [2.24, 2.45) is 5.92 Å². The molecule has 0 bridgehead atoms. The number of rotatable bonds is 5. The van der Waals surface area contributed by atoms with E-state index in [0.717, 1.165) is 25.7 Å². The molecule has 1 aliphatic heterocycles. The second-order valence-corrected chi connectivity index (χ2v) is 6.33. The quantitative estimate of drug-likeness (QED) is 0.539. The molecule has 0 aliphatic carbocycles. The first-order chi connectivity index (χ1) is 7.14. The summed E-state index contributed by atoms with van der Waals surface area (Å²) in [4.78, 5) is 0. The van der Waals surface area contributed by atoms with E-state index in [1.165, 1.54) is 0 Å². The molecule has 3 nitrogen and oxygen atoms in total. The monoisotopic (exact) mass is 232 g/mol. The maximum absolute atomic E-state index is 11.4. The highest BCUT2D eigenvalue weighted by Gasteiger charge is 2.23. The van der Waals surface area contributed by atoms with Gasteiger partial charge in [0.25, 0.3) is 0 Å². The van der Waals surface area contributed by atoms with E-state index in [9.17, 15) is 8.42 Å². The summed E-state index contributed by atoms with van der Waals surface area (Å²) in [5, 5.41) is 0. The van der Waals surface area contributed by atoms with Crippen molar-refractivity contribution in [1.82, 2.24) is 0 Å². The molecule has 1 aliphatic rings. The first-order valence-electron chi connectivity index (χ1n) is 5.57. The van der Waals surface area contributed by atoms with Gasteiger partial charge in [-0.2, -0.15) is 0 Å². The molecule has 0 spiro atoms. The van der Waals surface area contributed by atoms with Crippen LogP contribution in [0.4, 0.5) is 0 Å². The fourth-order valence-electron chi connectivity index (χ4n) is 1.96. The van der Waals surface area contributed by atoms with Gasteiger partial charge >= 0.3 is 0 Å². The highest BCUT2D eigenvalue weighted by Crippen LogP contribution is 2.22. The summed E-state index contributed by atoms with van der Waals surface area (Å²) in [5.41, 5.74) is 0. The highest BCUT2D eigenvalue weighted by atomic mass is 32.2. The van der Waals surface area contributed by atoms with Gasteiger partial charge in [-0.25, -0.2) is 8.42 Å². The topological polar surface area (TPSA) is 43.4 Å². The lowest BCUT2D eigenvalue weighted by atomic mass is 10.00. The van der Waals surface area contributed by atoms with Gasteiger partial charge in [0.1, 0.15) is 0 Å². The molecular formula is C11H20O3S. The van der Waals surface area contributed by atoms with Crippen LogP contribution in [-0.2, 0) is 14.6 Å². The summed E-state index contributed by atoms with van der Waals surface area (Å²) >= 11 is 0. The smallest absolute Gasteiger partial charge is 0.150 e. The summed E-state index contributed by atoms with van der Waals surface area (Å²) in [6.45, 7) is 2.61. The van der Waals surface area contributed by atoms with E-state index in [2.05, 4.69) is 0 Å². The first-order valence-corrected chi connectivity index (χ1v) is 7.39. The van der Waals surface area contributed by atoms with Crippen molar-refractivity contribution in [1.29, 1.82) is 0 Å². The van der Waals surface area contributed by atoms with Crippen molar-refractivity contribution >= 4 is 9.84 Å². The molecule has 1 atom stereocenters. The lowest BCUT2D eigenvalue weighted by Gasteiger charge is -2.21. The van der Waals surface area contributed by atoms with Crippen LogP contribution in [0, 0.1) is 5.92 Å². The van der Waals surface area contributed by atoms with E-state index in [0.29, 0.717) is 24.0 Å². The molecule has 88 valence electrons. The van der Waals surface area contributed by atoms with Crippen molar-refractivity contribution in [2.45, 2.75) is 32.6 Å². The lowest BCUT2D eigenvalue weighted by Crippen LogP contribution is -2.25. The number of allylic oxidation sites excluding steroid dienone is 1. The van der Waals surface area contributed by atoms with E-state index in [1.54, 1.807) is 6.26 Å². The molecule has 1 heterocycles. The summed E-state index contributed by atoms with van der Waals surface area (Å²) in [5.74, 6) is 1.13. The third-order valence-corrected chi connectivity index (χ3v) is 4.55. The minimum Gasteiger partial charge on any atom is -0.502 e. The van der Waals surface area contributed by atoms with Crippen LogP contribution in [0.1, 0.15) is 32.6 Å². The molecule has 1 unspecified atom stereocenters. The van der Waals surface area contributed by atoms with Crippen LogP contribution in [0.2, 0.25) is 0 Å². The fraction of sp³-hybridized carbons (Fsp3) is 0.818. The normalized spacial score (nSPS) is 25.5. The summed E-state index contributed by atoms with van der Waals surface area (Å²) < 4.78 is 27.9. The molecular weight excluding hydrogens is 212 g/mol. The largest absolute Gasteiger partial charge is 0.502 e.